The molecule has 3 heterocycles. The molecule has 0 fully saturated rings. The SMILES string of the molecule is CC[NH+]1CCc2c(sc(NC(=O)/C=C/c3cccs3)c2C(N)=O)C1. The van der Waals surface area contributed by atoms with Gasteiger partial charge in [0, 0.05) is 17.4 Å². The molecule has 0 aromatic carbocycles. The molecule has 1 aliphatic heterocycles. The van der Waals surface area contributed by atoms with E-state index in [-0.39, 0.29) is 5.91 Å². The van der Waals surface area contributed by atoms with Gasteiger partial charge >= 0.3 is 0 Å². The Kier molecular flexibility index (Phi) is 5.13. The Morgan fingerprint density at radius 3 is 2.96 bits per heavy atom. The molecule has 7 heteroatoms. The van der Waals surface area contributed by atoms with Gasteiger partial charge in [0.05, 0.1) is 23.5 Å². The predicted molar refractivity (Wildman–Crippen MR) is 98.6 cm³/mol. The fraction of sp³-hybridized carbons (Fsp3) is 0.294. The summed E-state index contributed by atoms with van der Waals surface area (Å²) in [5, 5.41) is 5.36. The molecular formula is C17H20N3O2S2+. The first-order valence-electron chi connectivity index (χ1n) is 7.89. The van der Waals surface area contributed by atoms with Crippen LogP contribution < -0.4 is 16.0 Å². The molecule has 0 bridgehead atoms. The summed E-state index contributed by atoms with van der Waals surface area (Å²) in [6, 6.07) is 3.87. The minimum absolute atomic E-state index is 0.246. The van der Waals surface area contributed by atoms with Crippen LogP contribution in [-0.4, -0.2) is 24.9 Å². The number of carbonyl (C=O) groups excluding carboxylic acids is 2. The number of hydrogen-bond acceptors (Lipinski definition) is 4. The molecule has 0 aliphatic carbocycles. The van der Waals surface area contributed by atoms with E-state index in [1.165, 1.54) is 22.3 Å². The van der Waals surface area contributed by atoms with Gasteiger partial charge in [-0.05, 0) is 30.0 Å². The number of primary amides is 1. The lowest BCUT2D eigenvalue weighted by Crippen LogP contribution is -3.11. The molecule has 0 radical (unpaired) electrons. The summed E-state index contributed by atoms with van der Waals surface area (Å²) in [6.07, 6.45) is 4.08. The molecule has 1 atom stereocenters. The minimum atomic E-state index is -0.468. The van der Waals surface area contributed by atoms with Crippen LogP contribution in [0, 0.1) is 0 Å². The van der Waals surface area contributed by atoms with Crippen molar-refractivity contribution in [1.82, 2.24) is 0 Å². The van der Waals surface area contributed by atoms with Crippen LogP contribution in [0.25, 0.3) is 6.08 Å². The standard InChI is InChI=1S/C17H19N3O2S2/c1-2-20-8-7-12-13(10-20)24-17(15(12)16(18)22)19-14(21)6-5-11-4-3-9-23-11/h3-6,9H,2,7-8,10H2,1H3,(H2,18,22)(H,19,21)/p+1/b6-5+. The van der Waals surface area contributed by atoms with Gasteiger partial charge < -0.3 is 16.0 Å². The summed E-state index contributed by atoms with van der Waals surface area (Å²) >= 11 is 3.04. The van der Waals surface area contributed by atoms with Gasteiger partial charge in [-0.1, -0.05) is 6.07 Å². The highest BCUT2D eigenvalue weighted by atomic mass is 32.1. The maximum absolute atomic E-state index is 12.2. The Morgan fingerprint density at radius 2 is 2.29 bits per heavy atom. The second-order valence-corrected chi connectivity index (χ2v) is 7.77. The first-order chi connectivity index (χ1) is 11.6. The first kappa shape index (κ1) is 16.9. The molecule has 2 amide bonds. The molecule has 126 valence electrons. The highest BCUT2D eigenvalue weighted by Gasteiger charge is 2.28. The van der Waals surface area contributed by atoms with E-state index in [9.17, 15) is 9.59 Å². The molecule has 4 N–H and O–H groups in total. The van der Waals surface area contributed by atoms with Crippen LogP contribution in [-0.2, 0) is 17.8 Å². The molecule has 0 saturated carbocycles. The maximum Gasteiger partial charge on any atom is 0.252 e. The summed E-state index contributed by atoms with van der Waals surface area (Å²) in [5.41, 5.74) is 7.08. The fourth-order valence-electron chi connectivity index (χ4n) is 2.88. The molecular weight excluding hydrogens is 342 g/mol. The van der Waals surface area contributed by atoms with Gasteiger partial charge in [-0.2, -0.15) is 0 Å². The second kappa shape index (κ2) is 7.29. The number of quaternary nitrogens is 1. The van der Waals surface area contributed by atoms with E-state index >= 15 is 0 Å². The first-order valence-corrected chi connectivity index (χ1v) is 9.58. The van der Waals surface area contributed by atoms with Gasteiger partial charge in [-0.3, -0.25) is 9.59 Å². The van der Waals surface area contributed by atoms with E-state index in [0.29, 0.717) is 10.6 Å². The van der Waals surface area contributed by atoms with E-state index in [1.54, 1.807) is 17.4 Å². The van der Waals surface area contributed by atoms with Crippen molar-refractivity contribution in [2.75, 3.05) is 18.4 Å². The van der Waals surface area contributed by atoms with Crippen molar-refractivity contribution in [3.63, 3.8) is 0 Å². The Morgan fingerprint density at radius 1 is 1.46 bits per heavy atom. The van der Waals surface area contributed by atoms with E-state index < -0.39 is 5.91 Å². The lowest BCUT2D eigenvalue weighted by molar-refractivity contribution is -0.913. The third kappa shape index (κ3) is 3.58. The van der Waals surface area contributed by atoms with Crippen molar-refractivity contribution in [3.05, 3.63) is 44.5 Å². The summed E-state index contributed by atoms with van der Waals surface area (Å²) in [5.74, 6) is -0.714. The van der Waals surface area contributed by atoms with Crippen molar-refractivity contribution >= 4 is 45.6 Å². The van der Waals surface area contributed by atoms with Crippen LogP contribution in [0.15, 0.2) is 23.6 Å². The average molecular weight is 363 g/mol. The molecule has 5 nitrogen and oxygen atoms in total. The molecule has 0 saturated heterocycles. The predicted octanol–water partition coefficient (Wildman–Crippen LogP) is 1.52. The van der Waals surface area contributed by atoms with Gasteiger partial charge in [0.25, 0.3) is 5.91 Å². The Bertz CT molecular complexity index is 778. The Labute approximate surface area is 148 Å². The molecule has 3 rings (SSSR count). The number of hydrogen-bond donors (Lipinski definition) is 3. The zero-order chi connectivity index (χ0) is 17.1. The smallest absolute Gasteiger partial charge is 0.252 e. The number of fused-ring (bicyclic) bond motifs is 1. The third-order valence-corrected chi connectivity index (χ3v) is 6.14. The number of rotatable bonds is 5. The number of amides is 2. The van der Waals surface area contributed by atoms with Crippen LogP contribution in [0.5, 0.6) is 0 Å². The van der Waals surface area contributed by atoms with Gasteiger partial charge in [-0.15, -0.1) is 22.7 Å². The molecule has 0 spiro atoms. The quantitative estimate of drug-likeness (QED) is 0.706. The lowest BCUT2D eigenvalue weighted by atomic mass is 10.0. The van der Waals surface area contributed by atoms with Crippen LogP contribution >= 0.6 is 22.7 Å². The number of nitrogens with one attached hydrogen (secondary N) is 2. The van der Waals surface area contributed by atoms with Gasteiger partial charge in [0.15, 0.2) is 0 Å². The molecule has 1 unspecified atom stereocenters. The van der Waals surface area contributed by atoms with E-state index in [2.05, 4.69) is 12.2 Å². The highest BCUT2D eigenvalue weighted by Crippen LogP contribution is 2.34. The normalized spacial score (nSPS) is 17.0. The number of carbonyl (C=O) groups is 2. The largest absolute Gasteiger partial charge is 0.365 e. The Balaban J connectivity index is 1.81. The molecule has 2 aromatic rings. The van der Waals surface area contributed by atoms with Crippen molar-refractivity contribution in [1.29, 1.82) is 0 Å². The van der Waals surface area contributed by atoms with Crippen LogP contribution in [0.3, 0.4) is 0 Å². The highest BCUT2D eigenvalue weighted by molar-refractivity contribution is 7.17. The zero-order valence-electron chi connectivity index (χ0n) is 13.4. The number of likely N-dealkylation sites (N-methyl/N-ethyl adjacent to an activating group) is 1. The van der Waals surface area contributed by atoms with Gasteiger partial charge in [0.1, 0.15) is 11.5 Å². The summed E-state index contributed by atoms with van der Waals surface area (Å²) in [6.45, 7) is 5.08. The maximum atomic E-state index is 12.2. The fourth-order valence-corrected chi connectivity index (χ4v) is 4.83. The van der Waals surface area contributed by atoms with Crippen LogP contribution in [0.4, 0.5) is 5.00 Å². The summed E-state index contributed by atoms with van der Waals surface area (Å²) in [7, 11) is 0. The van der Waals surface area contributed by atoms with Gasteiger partial charge in [-0.25, -0.2) is 0 Å². The number of thiophene rings is 2. The summed E-state index contributed by atoms with van der Waals surface area (Å²) < 4.78 is 0. The van der Waals surface area contributed by atoms with E-state index in [1.807, 2.05) is 17.5 Å². The van der Waals surface area contributed by atoms with E-state index in [0.717, 1.165) is 41.4 Å². The molecule has 24 heavy (non-hydrogen) atoms. The number of nitrogens with two attached hydrogens (primary N) is 1. The van der Waals surface area contributed by atoms with Crippen molar-refractivity contribution < 1.29 is 14.5 Å². The second-order valence-electron chi connectivity index (χ2n) is 5.69. The van der Waals surface area contributed by atoms with Crippen molar-refractivity contribution in [2.24, 2.45) is 5.73 Å². The third-order valence-electron chi connectivity index (χ3n) is 4.16. The lowest BCUT2D eigenvalue weighted by Gasteiger charge is -2.22. The topological polar surface area (TPSA) is 76.6 Å². The zero-order valence-corrected chi connectivity index (χ0v) is 15.1. The molecule has 2 aromatic heterocycles. The molecule has 1 aliphatic rings. The average Bonchev–Trinajstić information content (AvgIpc) is 3.19. The van der Waals surface area contributed by atoms with Crippen molar-refractivity contribution in [2.45, 2.75) is 19.9 Å². The van der Waals surface area contributed by atoms with Crippen LogP contribution in [0.1, 0.15) is 32.6 Å². The van der Waals surface area contributed by atoms with Crippen molar-refractivity contribution in [3.8, 4) is 0 Å². The van der Waals surface area contributed by atoms with Gasteiger partial charge in [0.2, 0.25) is 5.91 Å². The Hall–Kier alpha value is -1.96. The van der Waals surface area contributed by atoms with Crippen LogP contribution in [0.2, 0.25) is 0 Å². The van der Waals surface area contributed by atoms with E-state index in [4.69, 9.17) is 5.73 Å². The number of anilines is 1. The minimum Gasteiger partial charge on any atom is -0.365 e. The summed E-state index contributed by atoms with van der Waals surface area (Å²) in [4.78, 5) is 27.7. The monoisotopic (exact) mass is 362 g/mol.